The fourth-order valence-electron chi connectivity index (χ4n) is 2.29. The van der Waals surface area contributed by atoms with Gasteiger partial charge in [-0.1, -0.05) is 19.1 Å². The van der Waals surface area contributed by atoms with Gasteiger partial charge in [0.05, 0.1) is 0 Å². The van der Waals surface area contributed by atoms with Crippen LogP contribution in [0.5, 0.6) is 0 Å². The molecule has 0 aliphatic carbocycles. The van der Waals surface area contributed by atoms with Crippen LogP contribution >= 0.6 is 0 Å². The third-order valence-corrected chi connectivity index (χ3v) is 3.26. The molecule has 1 aliphatic rings. The van der Waals surface area contributed by atoms with Gasteiger partial charge >= 0.3 is 0 Å². The maximum Gasteiger partial charge on any atom is 0.00159 e. The minimum absolute atomic E-state index is 1.20. The van der Waals surface area contributed by atoms with Crippen molar-refractivity contribution in [1.29, 1.82) is 0 Å². The van der Waals surface area contributed by atoms with Crippen LogP contribution in [0.3, 0.4) is 0 Å². The van der Waals surface area contributed by atoms with Crippen LogP contribution in [-0.2, 0) is 0 Å². The number of likely N-dealkylation sites (tertiary alicyclic amines) is 1. The normalized spacial score (nSPS) is 17.9. The van der Waals surface area contributed by atoms with E-state index in [4.69, 9.17) is 0 Å². The van der Waals surface area contributed by atoms with E-state index in [2.05, 4.69) is 35.9 Å². The van der Waals surface area contributed by atoms with Gasteiger partial charge in [-0.3, -0.25) is 0 Å². The fourth-order valence-corrected chi connectivity index (χ4v) is 2.29. The Morgan fingerprint density at radius 3 is 2.44 bits per heavy atom. The average Bonchev–Trinajstić information content (AvgIpc) is 2.76. The molecule has 0 spiro atoms. The fraction of sp³-hybridized carbons (Fsp3) is 0.857. The lowest BCUT2D eigenvalue weighted by Crippen LogP contribution is -2.20. The van der Waals surface area contributed by atoms with Crippen molar-refractivity contribution in [3.63, 3.8) is 0 Å². The Morgan fingerprint density at radius 1 is 1.06 bits per heavy atom. The van der Waals surface area contributed by atoms with Crippen molar-refractivity contribution in [1.82, 2.24) is 9.80 Å². The van der Waals surface area contributed by atoms with Gasteiger partial charge in [0.25, 0.3) is 0 Å². The Kier molecular flexibility index (Phi) is 7.52. The molecule has 2 heteroatoms. The topological polar surface area (TPSA) is 6.48 Å². The summed E-state index contributed by atoms with van der Waals surface area (Å²) < 4.78 is 0. The highest BCUT2D eigenvalue weighted by Crippen LogP contribution is 2.07. The smallest absolute Gasteiger partial charge is 0.00159 e. The highest BCUT2D eigenvalue weighted by Gasteiger charge is 2.09. The van der Waals surface area contributed by atoms with Crippen LogP contribution in [0.2, 0.25) is 0 Å². The molecule has 0 amide bonds. The molecule has 0 aromatic carbocycles. The van der Waals surface area contributed by atoms with Crippen molar-refractivity contribution in [3.8, 4) is 0 Å². The standard InChI is InChI=1S/C14H28N2/c1-3-10-15(2)11-6-4-5-7-12-16-13-8-9-14-16/h4-5H,3,6-14H2,1-2H3/b5-4+. The summed E-state index contributed by atoms with van der Waals surface area (Å²) in [5.74, 6) is 0. The molecule has 0 bridgehead atoms. The summed E-state index contributed by atoms with van der Waals surface area (Å²) in [6, 6.07) is 0. The lowest BCUT2D eigenvalue weighted by molar-refractivity contribution is 0.340. The lowest BCUT2D eigenvalue weighted by atomic mass is 10.3. The van der Waals surface area contributed by atoms with Gasteiger partial charge in [0.2, 0.25) is 0 Å². The summed E-state index contributed by atoms with van der Waals surface area (Å²) in [6.07, 6.45) is 11.2. The second-order valence-corrected chi connectivity index (χ2v) is 4.90. The highest BCUT2D eigenvalue weighted by molar-refractivity contribution is 4.84. The zero-order valence-electron chi connectivity index (χ0n) is 11.1. The number of rotatable bonds is 8. The van der Waals surface area contributed by atoms with Gasteiger partial charge in [0.15, 0.2) is 0 Å². The Bertz CT molecular complexity index is 183. The molecule has 1 aliphatic heterocycles. The third kappa shape index (κ3) is 6.29. The first kappa shape index (κ1) is 13.7. The van der Waals surface area contributed by atoms with E-state index in [0.29, 0.717) is 0 Å². The Labute approximate surface area is 101 Å². The zero-order chi connectivity index (χ0) is 11.6. The molecule has 0 N–H and O–H groups in total. The molecule has 1 saturated heterocycles. The van der Waals surface area contributed by atoms with E-state index in [1.807, 2.05) is 0 Å². The summed E-state index contributed by atoms with van der Waals surface area (Å²) in [7, 11) is 2.21. The van der Waals surface area contributed by atoms with Crippen LogP contribution in [0.1, 0.15) is 39.0 Å². The Morgan fingerprint density at radius 2 is 1.75 bits per heavy atom. The van der Waals surface area contributed by atoms with Crippen molar-refractivity contribution in [3.05, 3.63) is 12.2 Å². The molecule has 2 nitrogen and oxygen atoms in total. The second-order valence-electron chi connectivity index (χ2n) is 4.90. The van der Waals surface area contributed by atoms with Crippen LogP contribution < -0.4 is 0 Å². The molecule has 0 aromatic heterocycles. The SMILES string of the molecule is CCCN(C)CC/C=C/CCN1CCCC1. The first-order chi connectivity index (χ1) is 7.83. The van der Waals surface area contributed by atoms with E-state index in [1.54, 1.807) is 0 Å². The van der Waals surface area contributed by atoms with Crippen LogP contribution in [0.4, 0.5) is 0 Å². The number of hydrogen-bond donors (Lipinski definition) is 0. The largest absolute Gasteiger partial charge is 0.306 e. The summed E-state index contributed by atoms with van der Waals surface area (Å²) in [5.41, 5.74) is 0. The monoisotopic (exact) mass is 224 g/mol. The van der Waals surface area contributed by atoms with Crippen molar-refractivity contribution >= 4 is 0 Å². The molecule has 1 fully saturated rings. The minimum atomic E-state index is 1.20. The summed E-state index contributed by atoms with van der Waals surface area (Å²) in [5, 5.41) is 0. The van der Waals surface area contributed by atoms with Crippen LogP contribution in [-0.4, -0.2) is 49.6 Å². The van der Waals surface area contributed by atoms with Crippen LogP contribution in [0, 0.1) is 0 Å². The first-order valence-corrected chi connectivity index (χ1v) is 6.89. The molecule has 0 unspecified atom stereocenters. The maximum atomic E-state index is 2.58. The molecule has 1 heterocycles. The molecule has 0 saturated carbocycles. The second kappa shape index (κ2) is 8.77. The van der Waals surface area contributed by atoms with Crippen LogP contribution in [0.25, 0.3) is 0 Å². The number of nitrogens with zero attached hydrogens (tertiary/aromatic N) is 2. The molecular formula is C14H28N2. The summed E-state index contributed by atoms with van der Waals surface area (Å²) in [6.45, 7) is 8.58. The summed E-state index contributed by atoms with van der Waals surface area (Å²) >= 11 is 0. The maximum absolute atomic E-state index is 2.58. The Hall–Kier alpha value is -0.340. The predicted octanol–water partition coefficient (Wildman–Crippen LogP) is 2.76. The zero-order valence-corrected chi connectivity index (χ0v) is 11.1. The van der Waals surface area contributed by atoms with Gasteiger partial charge in [0.1, 0.15) is 0 Å². The van der Waals surface area contributed by atoms with Crippen molar-refractivity contribution in [2.45, 2.75) is 39.0 Å². The van der Waals surface area contributed by atoms with Gasteiger partial charge in [-0.25, -0.2) is 0 Å². The van der Waals surface area contributed by atoms with E-state index in [1.165, 1.54) is 64.8 Å². The molecule has 16 heavy (non-hydrogen) atoms. The van der Waals surface area contributed by atoms with Crippen molar-refractivity contribution < 1.29 is 0 Å². The van der Waals surface area contributed by atoms with E-state index in [-0.39, 0.29) is 0 Å². The molecule has 0 radical (unpaired) electrons. The van der Waals surface area contributed by atoms with E-state index in [0.717, 1.165) is 0 Å². The van der Waals surface area contributed by atoms with Gasteiger partial charge < -0.3 is 9.80 Å². The van der Waals surface area contributed by atoms with Gasteiger partial charge in [-0.15, -0.1) is 0 Å². The average molecular weight is 224 g/mol. The molecule has 0 aromatic rings. The molecule has 1 rings (SSSR count). The molecule has 94 valence electrons. The van der Waals surface area contributed by atoms with Gasteiger partial charge in [-0.2, -0.15) is 0 Å². The summed E-state index contributed by atoms with van der Waals surface area (Å²) in [4.78, 5) is 4.98. The van der Waals surface area contributed by atoms with Crippen LogP contribution in [0.15, 0.2) is 12.2 Å². The van der Waals surface area contributed by atoms with Gasteiger partial charge in [-0.05, 0) is 58.8 Å². The predicted molar refractivity (Wildman–Crippen MR) is 71.8 cm³/mol. The Balaban J connectivity index is 1.91. The third-order valence-electron chi connectivity index (χ3n) is 3.26. The highest BCUT2D eigenvalue weighted by atomic mass is 15.1. The molecular weight excluding hydrogens is 196 g/mol. The van der Waals surface area contributed by atoms with E-state index in [9.17, 15) is 0 Å². The van der Waals surface area contributed by atoms with Gasteiger partial charge in [0, 0.05) is 13.1 Å². The van der Waals surface area contributed by atoms with Crippen molar-refractivity contribution in [2.24, 2.45) is 0 Å². The number of hydrogen-bond acceptors (Lipinski definition) is 2. The first-order valence-electron chi connectivity index (χ1n) is 6.89. The quantitative estimate of drug-likeness (QED) is 0.585. The molecule has 0 atom stereocenters. The van der Waals surface area contributed by atoms with Crippen molar-refractivity contribution in [2.75, 3.05) is 39.8 Å². The minimum Gasteiger partial charge on any atom is -0.306 e. The van der Waals surface area contributed by atoms with E-state index >= 15 is 0 Å². The lowest BCUT2D eigenvalue weighted by Gasteiger charge is -2.14. The van der Waals surface area contributed by atoms with E-state index < -0.39 is 0 Å².